The van der Waals surface area contributed by atoms with Crippen molar-refractivity contribution in [2.24, 2.45) is 7.05 Å². The third-order valence-electron chi connectivity index (χ3n) is 2.59. The van der Waals surface area contributed by atoms with Gasteiger partial charge >= 0.3 is 0 Å². The van der Waals surface area contributed by atoms with E-state index >= 15 is 0 Å². The van der Waals surface area contributed by atoms with E-state index in [1.807, 2.05) is 42.1 Å². The van der Waals surface area contributed by atoms with Crippen LogP contribution in [0.4, 0.5) is 0 Å². The molecule has 17 heavy (non-hydrogen) atoms. The molecule has 1 aromatic heterocycles. The number of aryl methyl sites for hydroxylation is 2. The highest BCUT2D eigenvalue weighted by Gasteiger charge is 2.09. The zero-order valence-corrected chi connectivity index (χ0v) is 10.8. The van der Waals surface area contributed by atoms with E-state index in [2.05, 4.69) is 19.1 Å². The predicted molar refractivity (Wildman–Crippen MR) is 71.6 cm³/mol. The highest BCUT2D eigenvalue weighted by molar-refractivity contribution is 8.00. The molecule has 0 radical (unpaired) electrons. The first-order valence-corrected chi connectivity index (χ1v) is 6.49. The molecule has 88 valence electrons. The summed E-state index contributed by atoms with van der Waals surface area (Å²) in [5.41, 5.74) is 1.99. The van der Waals surface area contributed by atoms with Crippen LogP contribution in [0.5, 0.6) is 0 Å². The number of aromatic nitrogens is 1. The van der Waals surface area contributed by atoms with Crippen LogP contribution < -0.4 is 0 Å². The molecule has 2 nitrogen and oxygen atoms in total. The highest BCUT2D eigenvalue weighted by atomic mass is 32.2. The average molecular weight is 245 g/mol. The Morgan fingerprint density at radius 2 is 2.12 bits per heavy atom. The van der Waals surface area contributed by atoms with Gasteiger partial charge in [-0.3, -0.25) is 4.79 Å². The molecule has 1 aromatic carbocycles. The molecule has 0 aliphatic rings. The predicted octanol–water partition coefficient (Wildman–Crippen LogP) is 3.31. The smallest absolute Gasteiger partial charge is 0.189 e. The topological polar surface area (TPSA) is 22.0 Å². The third kappa shape index (κ3) is 3.01. The summed E-state index contributed by atoms with van der Waals surface area (Å²) in [6, 6.07) is 12.0. The van der Waals surface area contributed by atoms with E-state index in [1.165, 1.54) is 5.56 Å². The van der Waals surface area contributed by atoms with Crippen molar-refractivity contribution in [1.29, 1.82) is 0 Å². The van der Waals surface area contributed by atoms with E-state index in [1.54, 1.807) is 11.8 Å². The Morgan fingerprint density at radius 3 is 2.76 bits per heavy atom. The Kier molecular flexibility index (Phi) is 3.69. The van der Waals surface area contributed by atoms with Gasteiger partial charge in [-0.05, 0) is 31.2 Å². The summed E-state index contributed by atoms with van der Waals surface area (Å²) in [6.07, 6.45) is 1.89. The van der Waals surface area contributed by atoms with E-state index in [9.17, 15) is 4.79 Å². The number of hydrogen-bond donors (Lipinski definition) is 0. The average Bonchev–Trinajstić information content (AvgIpc) is 2.72. The molecule has 0 aliphatic carbocycles. The lowest BCUT2D eigenvalue weighted by molar-refractivity contribution is 0.101. The van der Waals surface area contributed by atoms with Gasteiger partial charge in [0.1, 0.15) is 0 Å². The molecule has 2 aromatic rings. The molecule has 0 spiro atoms. The maximum Gasteiger partial charge on any atom is 0.189 e. The van der Waals surface area contributed by atoms with Crippen molar-refractivity contribution in [3.63, 3.8) is 0 Å². The number of Topliss-reactive ketones (excluding diaryl/α,β-unsaturated/α-hetero) is 1. The molecule has 0 aliphatic heterocycles. The number of carbonyl (C=O) groups excluding carboxylic acids is 1. The second-order valence-electron chi connectivity index (χ2n) is 4.03. The number of carbonyl (C=O) groups is 1. The summed E-state index contributed by atoms with van der Waals surface area (Å²) in [4.78, 5) is 13.1. The summed E-state index contributed by atoms with van der Waals surface area (Å²) in [5.74, 6) is 0.658. The maximum atomic E-state index is 11.9. The number of ketones is 1. The van der Waals surface area contributed by atoms with Crippen LogP contribution in [0.2, 0.25) is 0 Å². The van der Waals surface area contributed by atoms with Crippen LogP contribution in [0.1, 0.15) is 16.1 Å². The first-order chi connectivity index (χ1) is 8.16. The molecule has 0 fully saturated rings. The van der Waals surface area contributed by atoms with Crippen LogP contribution in [0.3, 0.4) is 0 Å². The van der Waals surface area contributed by atoms with E-state index < -0.39 is 0 Å². The van der Waals surface area contributed by atoms with Crippen LogP contribution in [-0.2, 0) is 7.05 Å². The Morgan fingerprint density at radius 1 is 1.29 bits per heavy atom. The zero-order valence-electron chi connectivity index (χ0n) is 10.0. The SMILES string of the molecule is Cc1cccc(SCC(=O)c2cccn2C)c1. The van der Waals surface area contributed by atoms with Gasteiger partial charge in [0.05, 0.1) is 11.4 Å². The van der Waals surface area contributed by atoms with Crippen molar-refractivity contribution in [2.45, 2.75) is 11.8 Å². The van der Waals surface area contributed by atoms with Crippen LogP contribution in [0.15, 0.2) is 47.5 Å². The van der Waals surface area contributed by atoms with Crippen molar-refractivity contribution < 1.29 is 4.79 Å². The van der Waals surface area contributed by atoms with Crippen molar-refractivity contribution >= 4 is 17.5 Å². The highest BCUT2D eigenvalue weighted by Crippen LogP contribution is 2.20. The molecule has 0 N–H and O–H groups in total. The van der Waals surface area contributed by atoms with Crippen LogP contribution >= 0.6 is 11.8 Å². The van der Waals surface area contributed by atoms with Crippen LogP contribution in [0.25, 0.3) is 0 Å². The lowest BCUT2D eigenvalue weighted by atomic mass is 10.2. The van der Waals surface area contributed by atoms with Gasteiger partial charge in [0, 0.05) is 18.1 Å². The quantitative estimate of drug-likeness (QED) is 0.609. The fourth-order valence-electron chi connectivity index (χ4n) is 1.68. The first-order valence-electron chi connectivity index (χ1n) is 5.51. The monoisotopic (exact) mass is 245 g/mol. The molecule has 3 heteroatoms. The molecule has 1 heterocycles. The summed E-state index contributed by atoms with van der Waals surface area (Å²) in [5, 5.41) is 0. The number of hydrogen-bond acceptors (Lipinski definition) is 2. The number of nitrogens with zero attached hydrogens (tertiary/aromatic N) is 1. The second kappa shape index (κ2) is 5.23. The fraction of sp³-hybridized carbons (Fsp3) is 0.214. The van der Waals surface area contributed by atoms with Gasteiger partial charge in [0.25, 0.3) is 0 Å². The van der Waals surface area contributed by atoms with Gasteiger partial charge < -0.3 is 4.57 Å². The molecular formula is C14H15NOS. The van der Waals surface area contributed by atoms with E-state index in [0.717, 1.165) is 10.6 Å². The zero-order chi connectivity index (χ0) is 12.3. The number of rotatable bonds is 4. The van der Waals surface area contributed by atoms with Gasteiger partial charge in [-0.15, -0.1) is 11.8 Å². The molecule has 0 amide bonds. The van der Waals surface area contributed by atoms with Gasteiger partial charge in [-0.2, -0.15) is 0 Å². The van der Waals surface area contributed by atoms with E-state index in [4.69, 9.17) is 0 Å². The third-order valence-corrected chi connectivity index (χ3v) is 3.58. The van der Waals surface area contributed by atoms with E-state index in [-0.39, 0.29) is 5.78 Å². The molecule has 0 atom stereocenters. The first kappa shape index (κ1) is 12.0. The lowest BCUT2D eigenvalue weighted by Gasteiger charge is -2.03. The van der Waals surface area contributed by atoms with Crippen molar-refractivity contribution in [1.82, 2.24) is 4.57 Å². The normalized spacial score (nSPS) is 10.5. The lowest BCUT2D eigenvalue weighted by Crippen LogP contribution is -2.07. The van der Waals surface area contributed by atoms with Gasteiger partial charge in [0.15, 0.2) is 5.78 Å². The standard InChI is InChI=1S/C14H15NOS/c1-11-5-3-6-12(9-11)17-10-14(16)13-7-4-8-15(13)2/h3-9H,10H2,1-2H3. The Labute approximate surface area is 106 Å². The summed E-state index contributed by atoms with van der Waals surface area (Å²) >= 11 is 1.59. The molecule has 0 saturated carbocycles. The molecule has 0 bridgehead atoms. The van der Waals surface area contributed by atoms with Crippen LogP contribution in [-0.4, -0.2) is 16.1 Å². The number of thioether (sulfide) groups is 1. The molecule has 2 rings (SSSR count). The summed E-state index contributed by atoms with van der Waals surface area (Å²) in [7, 11) is 1.89. The Hall–Kier alpha value is -1.48. The minimum Gasteiger partial charge on any atom is -0.348 e. The second-order valence-corrected chi connectivity index (χ2v) is 5.08. The van der Waals surface area contributed by atoms with Crippen molar-refractivity contribution in [3.05, 3.63) is 53.9 Å². The summed E-state index contributed by atoms with van der Waals surface area (Å²) in [6.45, 7) is 2.06. The Bertz CT molecular complexity index is 531. The largest absolute Gasteiger partial charge is 0.348 e. The number of benzene rings is 1. The van der Waals surface area contributed by atoms with Crippen molar-refractivity contribution in [3.8, 4) is 0 Å². The molecular weight excluding hydrogens is 230 g/mol. The minimum atomic E-state index is 0.170. The fourth-order valence-corrected chi connectivity index (χ4v) is 2.57. The molecule has 0 unspecified atom stereocenters. The van der Waals surface area contributed by atoms with Gasteiger partial charge in [-0.25, -0.2) is 0 Å². The van der Waals surface area contributed by atoms with Crippen molar-refractivity contribution in [2.75, 3.05) is 5.75 Å². The van der Waals surface area contributed by atoms with Gasteiger partial charge in [0.2, 0.25) is 0 Å². The molecule has 0 saturated heterocycles. The maximum absolute atomic E-state index is 11.9. The summed E-state index contributed by atoms with van der Waals surface area (Å²) < 4.78 is 1.86. The minimum absolute atomic E-state index is 0.170. The van der Waals surface area contributed by atoms with Gasteiger partial charge in [-0.1, -0.05) is 17.7 Å². The van der Waals surface area contributed by atoms with E-state index in [0.29, 0.717) is 5.75 Å². The van der Waals surface area contributed by atoms with Crippen LogP contribution in [0, 0.1) is 6.92 Å². The Balaban J connectivity index is 1.99.